The van der Waals surface area contributed by atoms with E-state index in [2.05, 4.69) is 20.3 Å². The zero-order valence-electron chi connectivity index (χ0n) is 22.2. The number of fused-ring (bicyclic) bond motifs is 4. The van der Waals surface area contributed by atoms with Crippen molar-refractivity contribution in [3.8, 4) is 33.8 Å². The topological polar surface area (TPSA) is 144 Å². The van der Waals surface area contributed by atoms with Crippen LogP contribution in [0.3, 0.4) is 0 Å². The van der Waals surface area contributed by atoms with Crippen molar-refractivity contribution in [1.82, 2.24) is 19.9 Å². The van der Waals surface area contributed by atoms with Crippen LogP contribution in [0, 0.1) is 6.92 Å². The number of amides is 1. The van der Waals surface area contributed by atoms with Crippen LogP contribution >= 0.6 is 11.3 Å². The van der Waals surface area contributed by atoms with E-state index in [1.807, 2.05) is 13.0 Å². The predicted octanol–water partition coefficient (Wildman–Crippen LogP) is 4.83. The Balaban J connectivity index is 1.23. The lowest BCUT2D eigenvalue weighted by Gasteiger charge is -2.26. The van der Waals surface area contributed by atoms with Crippen LogP contribution in [0.2, 0.25) is 0 Å². The first kappa shape index (κ1) is 26.2. The van der Waals surface area contributed by atoms with E-state index in [9.17, 15) is 9.59 Å². The van der Waals surface area contributed by atoms with Gasteiger partial charge in [-0.05, 0) is 36.8 Å². The molecule has 0 aliphatic carbocycles. The van der Waals surface area contributed by atoms with Crippen LogP contribution in [0.25, 0.3) is 31.8 Å². The van der Waals surface area contributed by atoms with Gasteiger partial charge in [-0.1, -0.05) is 0 Å². The highest BCUT2D eigenvalue weighted by molar-refractivity contribution is 7.22. The summed E-state index contributed by atoms with van der Waals surface area (Å²) in [4.78, 5) is 41.8. The molecule has 2 aromatic carbocycles. The van der Waals surface area contributed by atoms with Gasteiger partial charge in [0.15, 0.2) is 17.6 Å². The number of aromatic nitrogens is 4. The minimum absolute atomic E-state index is 0.0213. The molecule has 1 aliphatic rings. The SMILES string of the molecule is COc1ccc(NC(=O)OCC2COc3c(cc(C)c4nc(-c5cc(C=O)cc6nc(OC)cnc56)sc34)O2)cn1. The van der Waals surface area contributed by atoms with Gasteiger partial charge >= 0.3 is 6.09 Å². The minimum atomic E-state index is -0.643. The standard InChI is InChI=1S/C28H23N5O7S/c1-14-6-20-25(38-12-17(40-20)13-39-28(35)31-16-4-5-21(36-2)29-9-16)26-23(14)33-27(41-26)18-7-15(11-34)8-19-24(18)30-10-22(32-19)37-3/h4-11,17H,12-13H2,1-3H3,(H,31,35). The minimum Gasteiger partial charge on any atom is -0.484 e. The van der Waals surface area contributed by atoms with Crippen LogP contribution in [-0.2, 0) is 4.74 Å². The quantitative estimate of drug-likeness (QED) is 0.267. The molecule has 41 heavy (non-hydrogen) atoms. The number of nitrogens with zero attached hydrogens (tertiary/aromatic N) is 4. The molecule has 12 nitrogen and oxygen atoms in total. The van der Waals surface area contributed by atoms with Gasteiger partial charge in [0.2, 0.25) is 11.8 Å². The van der Waals surface area contributed by atoms with Crippen LogP contribution in [0.15, 0.2) is 42.7 Å². The van der Waals surface area contributed by atoms with E-state index >= 15 is 0 Å². The largest absolute Gasteiger partial charge is 0.484 e. The fraction of sp³-hybridized carbons (Fsp3) is 0.214. The van der Waals surface area contributed by atoms with Crippen molar-refractivity contribution in [2.45, 2.75) is 13.0 Å². The zero-order valence-corrected chi connectivity index (χ0v) is 23.0. The second kappa shape index (κ2) is 10.8. The number of hydrogen-bond acceptors (Lipinski definition) is 12. The Kier molecular flexibility index (Phi) is 6.93. The van der Waals surface area contributed by atoms with Gasteiger partial charge in [0.1, 0.15) is 29.2 Å². The molecule has 0 bridgehead atoms. The molecule has 4 heterocycles. The number of aryl methyl sites for hydroxylation is 1. The molecular weight excluding hydrogens is 550 g/mol. The molecular formula is C28H23N5O7S. The molecule has 0 saturated heterocycles. The van der Waals surface area contributed by atoms with Gasteiger partial charge < -0.3 is 23.7 Å². The Morgan fingerprint density at radius 3 is 2.71 bits per heavy atom. The molecule has 1 N–H and O–H groups in total. The van der Waals surface area contributed by atoms with Crippen molar-refractivity contribution in [1.29, 1.82) is 0 Å². The van der Waals surface area contributed by atoms with Crippen molar-refractivity contribution in [2.75, 3.05) is 32.8 Å². The molecule has 3 aromatic heterocycles. The molecule has 0 fully saturated rings. The number of hydrogen-bond donors (Lipinski definition) is 1. The summed E-state index contributed by atoms with van der Waals surface area (Å²) in [6.07, 6.45) is 2.61. The van der Waals surface area contributed by atoms with Gasteiger partial charge in [-0.25, -0.2) is 24.7 Å². The van der Waals surface area contributed by atoms with Crippen LogP contribution in [0.5, 0.6) is 23.3 Å². The van der Waals surface area contributed by atoms with E-state index in [0.29, 0.717) is 56.1 Å². The molecule has 6 rings (SSSR count). The number of pyridine rings is 1. The molecule has 13 heteroatoms. The van der Waals surface area contributed by atoms with E-state index in [-0.39, 0.29) is 13.2 Å². The fourth-order valence-electron chi connectivity index (χ4n) is 4.35. The van der Waals surface area contributed by atoms with Crippen molar-refractivity contribution in [3.63, 3.8) is 0 Å². The van der Waals surface area contributed by atoms with Gasteiger partial charge in [0.05, 0.1) is 48.9 Å². The Labute approximate surface area is 237 Å². The van der Waals surface area contributed by atoms with Gasteiger partial charge in [0.25, 0.3) is 0 Å². The molecule has 0 saturated carbocycles. The van der Waals surface area contributed by atoms with E-state index in [0.717, 1.165) is 22.1 Å². The number of nitrogens with one attached hydrogen (secondary N) is 1. The maximum absolute atomic E-state index is 12.3. The summed E-state index contributed by atoms with van der Waals surface area (Å²) in [5.74, 6) is 1.87. The molecule has 0 radical (unpaired) electrons. The summed E-state index contributed by atoms with van der Waals surface area (Å²) in [5.41, 5.74) is 4.34. The Hall–Kier alpha value is -5.04. The van der Waals surface area contributed by atoms with Crippen molar-refractivity contribution in [2.24, 2.45) is 0 Å². The second-order valence-electron chi connectivity index (χ2n) is 9.05. The monoisotopic (exact) mass is 573 g/mol. The zero-order chi connectivity index (χ0) is 28.5. The maximum Gasteiger partial charge on any atom is 0.411 e. The first-order valence-corrected chi connectivity index (χ1v) is 13.2. The number of ether oxygens (including phenoxy) is 5. The summed E-state index contributed by atoms with van der Waals surface area (Å²) in [6, 6.07) is 8.54. The summed E-state index contributed by atoms with van der Waals surface area (Å²) in [5, 5.41) is 3.27. The van der Waals surface area contributed by atoms with E-state index in [1.54, 1.807) is 24.3 Å². The summed E-state index contributed by atoms with van der Waals surface area (Å²) < 4.78 is 28.6. The average Bonchev–Trinajstić information content (AvgIpc) is 3.46. The molecule has 1 unspecified atom stereocenters. The normalized spacial score (nSPS) is 14.1. The number of carbonyl (C=O) groups excluding carboxylic acids is 2. The highest BCUT2D eigenvalue weighted by atomic mass is 32.1. The third-order valence-electron chi connectivity index (χ3n) is 6.30. The van der Waals surface area contributed by atoms with Crippen LogP contribution in [0.4, 0.5) is 10.5 Å². The second-order valence-corrected chi connectivity index (χ2v) is 10.0. The highest BCUT2D eigenvalue weighted by Crippen LogP contribution is 2.46. The maximum atomic E-state index is 12.3. The first-order valence-electron chi connectivity index (χ1n) is 12.4. The molecule has 208 valence electrons. The van der Waals surface area contributed by atoms with Crippen LogP contribution in [0.1, 0.15) is 15.9 Å². The lowest BCUT2D eigenvalue weighted by molar-refractivity contribution is 0.0383. The molecule has 0 spiro atoms. The van der Waals surface area contributed by atoms with Gasteiger partial charge in [-0.3, -0.25) is 10.1 Å². The summed E-state index contributed by atoms with van der Waals surface area (Å²) >= 11 is 1.41. The summed E-state index contributed by atoms with van der Waals surface area (Å²) in [6.45, 7) is 2.08. The lowest BCUT2D eigenvalue weighted by atomic mass is 10.1. The number of aldehydes is 1. The summed E-state index contributed by atoms with van der Waals surface area (Å²) in [7, 11) is 3.02. The number of rotatable bonds is 7. The number of anilines is 1. The third-order valence-corrected chi connectivity index (χ3v) is 7.39. The van der Waals surface area contributed by atoms with E-state index < -0.39 is 12.2 Å². The smallest absolute Gasteiger partial charge is 0.411 e. The third kappa shape index (κ3) is 5.14. The highest BCUT2D eigenvalue weighted by Gasteiger charge is 2.27. The van der Waals surface area contributed by atoms with E-state index in [4.69, 9.17) is 28.7 Å². The first-order chi connectivity index (χ1) is 19.9. The Morgan fingerprint density at radius 1 is 1.10 bits per heavy atom. The van der Waals surface area contributed by atoms with Crippen molar-refractivity contribution < 1.29 is 33.3 Å². The van der Waals surface area contributed by atoms with Crippen LogP contribution in [-0.4, -0.2) is 65.9 Å². The van der Waals surface area contributed by atoms with Gasteiger partial charge in [-0.15, -0.1) is 11.3 Å². The fourth-order valence-corrected chi connectivity index (χ4v) is 5.50. The number of benzene rings is 2. The number of thiazole rings is 1. The number of methoxy groups -OCH3 is 2. The number of carbonyl (C=O) groups is 2. The van der Waals surface area contributed by atoms with Gasteiger partial charge in [0, 0.05) is 17.2 Å². The molecule has 1 aliphatic heterocycles. The van der Waals surface area contributed by atoms with Crippen molar-refractivity contribution >= 4 is 50.7 Å². The van der Waals surface area contributed by atoms with Crippen LogP contribution < -0.4 is 24.3 Å². The van der Waals surface area contributed by atoms with E-state index in [1.165, 1.54) is 38.0 Å². The molecule has 5 aromatic rings. The lowest BCUT2D eigenvalue weighted by Crippen LogP contribution is -2.35. The Morgan fingerprint density at radius 2 is 1.95 bits per heavy atom. The molecule has 1 amide bonds. The predicted molar refractivity (Wildman–Crippen MR) is 150 cm³/mol. The Bertz CT molecular complexity index is 1790. The van der Waals surface area contributed by atoms with Gasteiger partial charge in [-0.2, -0.15) is 0 Å². The average molecular weight is 574 g/mol. The van der Waals surface area contributed by atoms with Crippen molar-refractivity contribution in [3.05, 3.63) is 53.9 Å². The molecule has 1 atom stereocenters.